The summed E-state index contributed by atoms with van der Waals surface area (Å²) in [4.78, 5) is 13.6. The number of ether oxygens (including phenoxy) is 1. The van der Waals surface area contributed by atoms with E-state index in [1.165, 1.54) is 33.5 Å². The SMILES string of the molecule is CN(C)c1ccc2c(c1)C1(c3ccc(Oc4[c-]c5c(cc4)c4ccccc4n5-c4ccccn4)[c-]c3N3[CH-]N(C)c4cccc1c43)c1cc(N(C)C)ccc1-2.[Pt]. The molecule has 0 amide bonds. The average Bonchev–Trinajstić information content (AvgIpc) is 3.83. The quantitative estimate of drug-likeness (QED) is 0.160. The fourth-order valence-electron chi connectivity index (χ4n) is 9.21. The Hall–Kier alpha value is -6.04. The van der Waals surface area contributed by atoms with Crippen LogP contribution in [0.15, 0.2) is 128 Å². The summed E-state index contributed by atoms with van der Waals surface area (Å²) in [6.07, 6.45) is 1.82. The third-order valence-electron chi connectivity index (χ3n) is 11.7. The second-order valence-corrected chi connectivity index (χ2v) is 15.1. The van der Waals surface area contributed by atoms with Gasteiger partial charge in [0, 0.05) is 101 Å². The molecule has 8 aromatic rings. The predicted octanol–water partition coefficient (Wildman–Crippen LogP) is 10.1. The van der Waals surface area contributed by atoms with E-state index < -0.39 is 5.41 Å². The molecule has 56 heavy (non-hydrogen) atoms. The smallest absolute Gasteiger partial charge is 0.135 e. The summed E-state index contributed by atoms with van der Waals surface area (Å²) >= 11 is 0. The van der Waals surface area contributed by atoms with Gasteiger partial charge in [-0.05, 0) is 88.8 Å². The van der Waals surface area contributed by atoms with Gasteiger partial charge in [-0.1, -0.05) is 59.7 Å². The molecule has 1 spiro atoms. The fraction of sp³-hybridized carbons (Fsp3) is 0.125. The monoisotopic (exact) mass is 908 g/mol. The Morgan fingerprint density at radius 2 is 1.36 bits per heavy atom. The van der Waals surface area contributed by atoms with Crippen LogP contribution in [-0.2, 0) is 26.5 Å². The van der Waals surface area contributed by atoms with Crippen molar-refractivity contribution in [1.29, 1.82) is 0 Å². The number of pyridine rings is 1. The molecule has 3 aliphatic rings. The topological polar surface area (TPSA) is 40.0 Å². The van der Waals surface area contributed by atoms with Crippen LogP contribution in [0.4, 0.5) is 28.4 Å². The van der Waals surface area contributed by atoms with Crippen LogP contribution >= 0.6 is 0 Å². The van der Waals surface area contributed by atoms with Gasteiger partial charge in [0.25, 0.3) is 0 Å². The molecule has 7 nitrogen and oxygen atoms in total. The van der Waals surface area contributed by atoms with Crippen molar-refractivity contribution in [3.63, 3.8) is 0 Å². The van der Waals surface area contributed by atoms with Crippen molar-refractivity contribution in [2.75, 3.05) is 54.8 Å². The van der Waals surface area contributed by atoms with E-state index in [4.69, 9.17) is 9.72 Å². The molecule has 1 aliphatic carbocycles. The minimum absolute atomic E-state index is 0. The van der Waals surface area contributed by atoms with Gasteiger partial charge >= 0.3 is 0 Å². The van der Waals surface area contributed by atoms with Crippen molar-refractivity contribution in [3.8, 4) is 28.4 Å². The zero-order chi connectivity index (χ0) is 37.2. The van der Waals surface area contributed by atoms with Crippen molar-refractivity contribution in [2.45, 2.75) is 5.41 Å². The normalized spacial score (nSPS) is 14.0. The van der Waals surface area contributed by atoms with Gasteiger partial charge in [-0.25, -0.2) is 4.98 Å². The van der Waals surface area contributed by atoms with Gasteiger partial charge in [0.1, 0.15) is 5.82 Å². The molecule has 11 rings (SSSR count). The van der Waals surface area contributed by atoms with Crippen LogP contribution in [0.25, 0.3) is 38.8 Å². The number of para-hydroxylation sites is 2. The molecule has 0 bridgehead atoms. The number of rotatable bonds is 5. The summed E-state index contributed by atoms with van der Waals surface area (Å²) in [6.45, 7) is 2.17. The van der Waals surface area contributed by atoms with Crippen molar-refractivity contribution < 1.29 is 25.8 Å². The molecule has 4 heterocycles. The second-order valence-electron chi connectivity index (χ2n) is 15.1. The first-order chi connectivity index (χ1) is 26.8. The average molecular weight is 909 g/mol. The van der Waals surface area contributed by atoms with Gasteiger partial charge in [-0.2, -0.15) is 18.8 Å². The Morgan fingerprint density at radius 1 is 0.661 bits per heavy atom. The predicted molar refractivity (Wildman–Crippen MR) is 224 cm³/mol. The molecule has 0 atom stereocenters. The summed E-state index contributed by atoms with van der Waals surface area (Å²) in [6, 6.07) is 50.9. The fourth-order valence-corrected chi connectivity index (χ4v) is 9.21. The number of anilines is 5. The van der Waals surface area contributed by atoms with Crippen molar-refractivity contribution in [2.24, 2.45) is 0 Å². The maximum absolute atomic E-state index is 6.74. The van der Waals surface area contributed by atoms with E-state index in [9.17, 15) is 0 Å². The molecule has 8 heteroatoms. The molecular formula is C48H37N6OPt-3. The van der Waals surface area contributed by atoms with Crippen LogP contribution in [0.3, 0.4) is 0 Å². The van der Waals surface area contributed by atoms with Crippen LogP contribution in [0.2, 0.25) is 0 Å². The summed E-state index contributed by atoms with van der Waals surface area (Å²) < 4.78 is 8.90. The molecular weight excluding hydrogens is 872 g/mol. The van der Waals surface area contributed by atoms with E-state index in [1.54, 1.807) is 0 Å². The van der Waals surface area contributed by atoms with E-state index in [0.717, 1.165) is 55.9 Å². The van der Waals surface area contributed by atoms with Crippen LogP contribution in [0, 0.1) is 18.8 Å². The number of aromatic nitrogens is 2. The Labute approximate surface area is 341 Å². The number of benzene rings is 6. The third kappa shape index (κ3) is 4.64. The summed E-state index contributed by atoms with van der Waals surface area (Å²) in [5, 5.41) is 2.24. The Kier molecular flexibility index (Phi) is 7.68. The van der Waals surface area contributed by atoms with E-state index in [-0.39, 0.29) is 21.1 Å². The number of fused-ring (bicyclic) bond motifs is 12. The molecule has 2 aromatic heterocycles. The summed E-state index contributed by atoms with van der Waals surface area (Å²) in [5.74, 6) is 2.07. The molecule has 0 N–H and O–H groups in total. The Balaban J connectivity index is 0.00000384. The van der Waals surface area contributed by atoms with Gasteiger partial charge in [-0.15, -0.1) is 35.2 Å². The summed E-state index contributed by atoms with van der Waals surface area (Å²) in [7, 11) is 10.6. The number of hydrogen-bond donors (Lipinski definition) is 0. The molecule has 278 valence electrons. The molecule has 0 saturated heterocycles. The minimum Gasteiger partial charge on any atom is -0.509 e. The molecule has 0 radical (unpaired) electrons. The second kappa shape index (κ2) is 12.5. The molecule has 0 unspecified atom stereocenters. The van der Waals surface area contributed by atoms with Gasteiger partial charge in [0.15, 0.2) is 0 Å². The van der Waals surface area contributed by atoms with Gasteiger partial charge in [0.05, 0.1) is 0 Å². The van der Waals surface area contributed by atoms with E-state index in [0.29, 0.717) is 11.5 Å². The molecule has 0 fully saturated rings. The molecule has 6 aromatic carbocycles. The molecule has 0 saturated carbocycles. The van der Waals surface area contributed by atoms with E-state index in [2.05, 4.69) is 175 Å². The van der Waals surface area contributed by atoms with Crippen molar-refractivity contribution >= 4 is 50.2 Å². The van der Waals surface area contributed by atoms with Crippen LogP contribution in [-0.4, -0.2) is 44.8 Å². The van der Waals surface area contributed by atoms with E-state index in [1.807, 2.05) is 30.5 Å². The maximum Gasteiger partial charge on any atom is 0.135 e. The first kappa shape index (κ1) is 34.4. The van der Waals surface area contributed by atoms with Crippen molar-refractivity contribution in [3.05, 3.63) is 169 Å². The van der Waals surface area contributed by atoms with E-state index >= 15 is 0 Å². The number of hydrogen-bond acceptors (Lipinski definition) is 6. The zero-order valence-electron chi connectivity index (χ0n) is 31.6. The zero-order valence-corrected chi connectivity index (χ0v) is 33.9. The largest absolute Gasteiger partial charge is 0.509 e. The first-order valence-electron chi connectivity index (χ1n) is 18.6. The Bertz CT molecular complexity index is 2820. The maximum atomic E-state index is 6.74. The molecule has 2 aliphatic heterocycles. The van der Waals surface area contributed by atoms with Gasteiger partial charge < -0.3 is 28.9 Å². The van der Waals surface area contributed by atoms with Crippen LogP contribution < -0.4 is 24.3 Å². The number of nitrogens with zero attached hydrogens (tertiary/aromatic N) is 6. The third-order valence-corrected chi connectivity index (χ3v) is 11.7. The van der Waals surface area contributed by atoms with Gasteiger partial charge in [0.2, 0.25) is 0 Å². The Morgan fingerprint density at radius 3 is 2.07 bits per heavy atom. The van der Waals surface area contributed by atoms with Gasteiger partial charge in [-0.3, -0.25) is 0 Å². The van der Waals surface area contributed by atoms with Crippen LogP contribution in [0.5, 0.6) is 11.5 Å². The standard InChI is InChI=1S/C48H37N6O.Pt/c1-50(2)30-16-20-34-35-21-17-31(51(3)4)26-41(35)48(40(34)25-30)38-23-19-33(28-45(38)53-29-52(5)43-14-10-12-39(48)47(43)53)55-32-18-22-37-36-11-6-7-13-42(36)54(44(37)27-32)46-15-8-9-24-49-46;/h6-26,29H,1-5H3;/q-3;. The minimum atomic E-state index is -0.595. The summed E-state index contributed by atoms with van der Waals surface area (Å²) in [5.41, 5.74) is 14.5. The first-order valence-corrected chi connectivity index (χ1v) is 18.6. The van der Waals surface area contributed by atoms with Crippen LogP contribution in [0.1, 0.15) is 22.3 Å². The van der Waals surface area contributed by atoms with Crippen molar-refractivity contribution in [1.82, 2.24) is 9.55 Å².